The van der Waals surface area contributed by atoms with E-state index in [9.17, 15) is 27.9 Å². The van der Waals surface area contributed by atoms with Gasteiger partial charge in [-0.1, -0.05) is 50.6 Å². The quantitative estimate of drug-likeness (QED) is 0.349. The first-order valence-electron chi connectivity index (χ1n) is 10.9. The van der Waals surface area contributed by atoms with Crippen molar-refractivity contribution in [2.75, 3.05) is 0 Å². The van der Waals surface area contributed by atoms with Crippen molar-refractivity contribution in [2.45, 2.75) is 45.5 Å². The van der Waals surface area contributed by atoms with Gasteiger partial charge >= 0.3 is 12.3 Å². The van der Waals surface area contributed by atoms with E-state index in [1.165, 1.54) is 18.2 Å². The number of alkyl halides is 3. The fourth-order valence-electron chi connectivity index (χ4n) is 4.05. The predicted octanol–water partition coefficient (Wildman–Crippen LogP) is 5.84. The van der Waals surface area contributed by atoms with Crippen LogP contribution in [0.5, 0.6) is 0 Å². The zero-order valence-corrected chi connectivity index (χ0v) is 21.6. The number of nitrogens with one attached hydrogen (secondary N) is 2. The SMILES string of the molecule is Cn1nccc1-c1cc(C(=O)N[C@@H](Cc2ccccc2C(F)(F)F)C(NC(=O)O)C(C)(C)C)sc1Cl. The average Bonchev–Trinajstić information content (AvgIpc) is 3.35. The molecule has 0 aliphatic rings. The van der Waals surface area contributed by atoms with Crippen LogP contribution < -0.4 is 10.6 Å². The standard InChI is InChI=1S/C24H26ClF3N4O3S/c1-23(2,3)19(31-22(34)35)16(11-13-7-5-6-8-15(13)24(26,27)28)30-21(33)18-12-14(20(25)36-18)17-9-10-29-32(17)4/h5-10,12,16,19,31H,11H2,1-4H3,(H,30,33)(H,34,35)/t16-,19?/m0/s1. The first-order valence-corrected chi connectivity index (χ1v) is 12.1. The van der Waals surface area contributed by atoms with Gasteiger partial charge in [-0.25, -0.2) is 4.79 Å². The molecule has 3 N–H and O–H groups in total. The van der Waals surface area contributed by atoms with Gasteiger partial charge in [0.25, 0.3) is 5.91 Å². The Balaban J connectivity index is 2.00. The fourth-order valence-corrected chi connectivity index (χ4v) is 5.25. The van der Waals surface area contributed by atoms with Crippen LogP contribution in [-0.4, -0.2) is 39.0 Å². The van der Waals surface area contributed by atoms with Crippen molar-refractivity contribution < 1.29 is 27.9 Å². The first-order chi connectivity index (χ1) is 16.7. The number of carbonyl (C=O) groups is 2. The lowest BCUT2D eigenvalue weighted by Crippen LogP contribution is -2.58. The Hall–Kier alpha value is -3.05. The van der Waals surface area contributed by atoms with Crippen LogP contribution in [0.2, 0.25) is 4.34 Å². The summed E-state index contributed by atoms with van der Waals surface area (Å²) in [6, 6.07) is 6.44. The van der Waals surface area contributed by atoms with Gasteiger partial charge in [0.05, 0.1) is 28.2 Å². The summed E-state index contributed by atoms with van der Waals surface area (Å²) in [6.45, 7) is 5.22. The maximum absolute atomic E-state index is 13.7. The molecular weight excluding hydrogens is 517 g/mol. The zero-order chi connectivity index (χ0) is 26.8. The molecule has 0 radical (unpaired) electrons. The van der Waals surface area contributed by atoms with Crippen molar-refractivity contribution in [3.05, 3.63) is 62.9 Å². The monoisotopic (exact) mass is 542 g/mol. The van der Waals surface area contributed by atoms with E-state index in [4.69, 9.17) is 11.6 Å². The Morgan fingerprint density at radius 3 is 2.39 bits per heavy atom. The van der Waals surface area contributed by atoms with Gasteiger partial charge < -0.3 is 15.7 Å². The lowest BCUT2D eigenvalue weighted by Gasteiger charge is -2.37. The van der Waals surface area contributed by atoms with E-state index < -0.39 is 41.2 Å². The van der Waals surface area contributed by atoms with E-state index >= 15 is 0 Å². The van der Waals surface area contributed by atoms with Crippen LogP contribution in [0.15, 0.2) is 42.6 Å². The summed E-state index contributed by atoms with van der Waals surface area (Å²) in [7, 11) is 1.72. The van der Waals surface area contributed by atoms with Crippen molar-refractivity contribution in [2.24, 2.45) is 12.5 Å². The number of aromatic nitrogens is 2. The lowest BCUT2D eigenvalue weighted by atomic mass is 9.79. The molecule has 3 rings (SSSR count). The Kier molecular flexibility index (Phi) is 8.04. The van der Waals surface area contributed by atoms with Gasteiger partial charge in [-0.15, -0.1) is 11.3 Å². The smallest absolute Gasteiger partial charge is 0.416 e. The first kappa shape index (κ1) is 27.5. The van der Waals surface area contributed by atoms with Gasteiger partial charge in [-0.2, -0.15) is 18.3 Å². The second-order valence-electron chi connectivity index (χ2n) is 9.37. The van der Waals surface area contributed by atoms with E-state index in [-0.39, 0.29) is 16.9 Å². The highest BCUT2D eigenvalue weighted by molar-refractivity contribution is 7.18. The molecule has 3 aromatic rings. The molecule has 36 heavy (non-hydrogen) atoms. The summed E-state index contributed by atoms with van der Waals surface area (Å²) < 4.78 is 42.9. The number of hydrogen-bond donors (Lipinski definition) is 3. The molecule has 1 aromatic carbocycles. The van der Waals surface area contributed by atoms with Crippen molar-refractivity contribution in [3.63, 3.8) is 0 Å². The minimum atomic E-state index is -4.61. The minimum absolute atomic E-state index is 0.0588. The number of hydrogen-bond acceptors (Lipinski definition) is 4. The molecule has 0 saturated carbocycles. The number of halogens is 4. The Bertz CT molecular complexity index is 1250. The van der Waals surface area contributed by atoms with E-state index in [1.807, 2.05) is 0 Å². The lowest BCUT2D eigenvalue weighted by molar-refractivity contribution is -0.138. The van der Waals surface area contributed by atoms with Crippen LogP contribution in [-0.2, 0) is 19.6 Å². The van der Waals surface area contributed by atoms with Crippen molar-refractivity contribution >= 4 is 34.9 Å². The molecule has 0 aliphatic heterocycles. The molecule has 0 fully saturated rings. The molecule has 2 aromatic heterocycles. The normalized spacial score (nSPS) is 13.8. The molecule has 12 heteroatoms. The number of thiophene rings is 1. The maximum atomic E-state index is 13.7. The van der Waals surface area contributed by atoms with Crippen molar-refractivity contribution in [3.8, 4) is 11.3 Å². The summed E-state index contributed by atoms with van der Waals surface area (Å²) in [5.41, 5.74) is -0.370. The number of aryl methyl sites for hydroxylation is 1. The van der Waals surface area contributed by atoms with Gasteiger partial charge in [0.15, 0.2) is 0 Å². The molecule has 0 bridgehead atoms. The van der Waals surface area contributed by atoms with Crippen LogP contribution in [0, 0.1) is 5.41 Å². The van der Waals surface area contributed by atoms with E-state index in [1.54, 1.807) is 50.8 Å². The Morgan fingerprint density at radius 1 is 1.17 bits per heavy atom. The number of benzene rings is 1. The second kappa shape index (κ2) is 10.5. The maximum Gasteiger partial charge on any atom is 0.416 e. The largest absolute Gasteiger partial charge is 0.465 e. The summed E-state index contributed by atoms with van der Waals surface area (Å²) >= 11 is 7.39. The second-order valence-corrected chi connectivity index (χ2v) is 11.0. The average molecular weight is 543 g/mol. The number of rotatable bonds is 7. The molecule has 0 aliphatic carbocycles. The number of carboxylic acid groups (broad SMARTS) is 1. The number of carbonyl (C=O) groups excluding carboxylic acids is 1. The molecule has 2 heterocycles. The van der Waals surface area contributed by atoms with Gasteiger partial charge in [-0.3, -0.25) is 9.48 Å². The van der Waals surface area contributed by atoms with Crippen LogP contribution >= 0.6 is 22.9 Å². The number of nitrogens with zero attached hydrogens (tertiary/aromatic N) is 2. The van der Waals surface area contributed by atoms with E-state index in [2.05, 4.69) is 15.7 Å². The van der Waals surface area contributed by atoms with Gasteiger partial charge in [0.1, 0.15) is 4.34 Å². The summed E-state index contributed by atoms with van der Waals surface area (Å²) in [5.74, 6) is -0.578. The Morgan fingerprint density at radius 2 is 1.83 bits per heavy atom. The summed E-state index contributed by atoms with van der Waals surface area (Å²) in [6.07, 6.45) is -4.63. The third-order valence-corrected chi connectivity index (χ3v) is 7.06. The van der Waals surface area contributed by atoms with Crippen LogP contribution in [0.3, 0.4) is 0 Å². The van der Waals surface area contributed by atoms with Crippen LogP contribution in [0.25, 0.3) is 11.3 Å². The van der Waals surface area contributed by atoms with Gasteiger partial charge in [-0.05, 0) is 35.6 Å². The summed E-state index contributed by atoms with van der Waals surface area (Å²) in [5, 5.41) is 18.7. The van der Waals surface area contributed by atoms with Crippen LogP contribution in [0.1, 0.15) is 41.6 Å². The minimum Gasteiger partial charge on any atom is -0.465 e. The molecule has 1 unspecified atom stereocenters. The van der Waals surface area contributed by atoms with Crippen LogP contribution in [0.4, 0.5) is 18.0 Å². The number of amides is 2. The molecule has 194 valence electrons. The van der Waals surface area contributed by atoms with Gasteiger partial charge in [0, 0.05) is 18.8 Å². The molecule has 2 amide bonds. The highest BCUT2D eigenvalue weighted by atomic mass is 35.5. The fraction of sp³-hybridized carbons (Fsp3) is 0.375. The third kappa shape index (κ3) is 6.38. The Labute approximate surface area is 215 Å². The van der Waals surface area contributed by atoms with E-state index in [0.717, 1.165) is 17.4 Å². The third-order valence-electron chi connectivity index (χ3n) is 5.70. The predicted molar refractivity (Wildman–Crippen MR) is 132 cm³/mol. The van der Waals surface area contributed by atoms with Crippen molar-refractivity contribution in [1.29, 1.82) is 0 Å². The van der Waals surface area contributed by atoms with E-state index in [0.29, 0.717) is 15.6 Å². The summed E-state index contributed by atoms with van der Waals surface area (Å²) in [4.78, 5) is 25.1. The molecule has 7 nitrogen and oxygen atoms in total. The highest BCUT2D eigenvalue weighted by Gasteiger charge is 2.38. The molecule has 2 atom stereocenters. The zero-order valence-electron chi connectivity index (χ0n) is 20.0. The molecular formula is C24H26ClF3N4O3S. The topological polar surface area (TPSA) is 96.3 Å². The molecule has 0 saturated heterocycles. The highest BCUT2D eigenvalue weighted by Crippen LogP contribution is 2.36. The molecule has 0 spiro atoms. The van der Waals surface area contributed by atoms with Gasteiger partial charge in [0.2, 0.25) is 0 Å². The van der Waals surface area contributed by atoms with Crippen molar-refractivity contribution in [1.82, 2.24) is 20.4 Å².